The van der Waals surface area contributed by atoms with Crippen molar-refractivity contribution in [3.05, 3.63) is 73.7 Å². The summed E-state index contributed by atoms with van der Waals surface area (Å²) in [5, 5.41) is 16.6. The van der Waals surface area contributed by atoms with Gasteiger partial charge in [0.2, 0.25) is 5.91 Å². The molecule has 30 heavy (non-hydrogen) atoms. The van der Waals surface area contributed by atoms with Gasteiger partial charge in [-0.1, -0.05) is 30.8 Å². The number of nitrogens with one attached hydrogen (secondary N) is 1. The standard InChI is InChI=1S/C24H20N4O2/c1-2-23(30)28-13-16(14-28)27-22-12-25-11-21-19(7-8-26-24(21)22)20-10-17(29)9-15-5-3-4-6-18(15)20/h2-12,16,27,29H,1,13-14H2. The SMILES string of the molecule is C=CC(=O)N1CC(Nc2cncc3c(-c4cc(O)cc5ccccc45)ccnc23)C1. The predicted octanol–water partition coefficient (Wildman–Crippen LogP) is 3.96. The zero-order chi connectivity index (χ0) is 20.7. The molecular formula is C24H20N4O2. The van der Waals surface area contributed by atoms with Crippen LogP contribution in [0.1, 0.15) is 0 Å². The van der Waals surface area contributed by atoms with E-state index >= 15 is 0 Å². The lowest BCUT2D eigenvalue weighted by Gasteiger charge is -2.39. The Balaban J connectivity index is 1.56. The summed E-state index contributed by atoms with van der Waals surface area (Å²) < 4.78 is 0. The van der Waals surface area contributed by atoms with E-state index in [0.29, 0.717) is 13.1 Å². The lowest BCUT2D eigenvalue weighted by molar-refractivity contribution is -0.129. The smallest absolute Gasteiger partial charge is 0.246 e. The molecule has 1 fully saturated rings. The maximum Gasteiger partial charge on any atom is 0.246 e. The third-order valence-electron chi connectivity index (χ3n) is 5.52. The lowest BCUT2D eigenvalue weighted by atomic mass is 9.96. The van der Waals surface area contributed by atoms with Crippen molar-refractivity contribution in [1.29, 1.82) is 0 Å². The number of hydrogen-bond acceptors (Lipinski definition) is 5. The summed E-state index contributed by atoms with van der Waals surface area (Å²) in [6.45, 7) is 4.78. The third kappa shape index (κ3) is 3.03. The Morgan fingerprint density at radius 3 is 2.80 bits per heavy atom. The Morgan fingerprint density at radius 1 is 1.13 bits per heavy atom. The van der Waals surface area contributed by atoms with E-state index in [2.05, 4.69) is 21.9 Å². The van der Waals surface area contributed by atoms with Crippen molar-refractivity contribution in [2.75, 3.05) is 18.4 Å². The van der Waals surface area contributed by atoms with E-state index in [4.69, 9.17) is 0 Å². The zero-order valence-electron chi connectivity index (χ0n) is 16.2. The summed E-state index contributed by atoms with van der Waals surface area (Å²) in [5.74, 6) is 0.164. The van der Waals surface area contributed by atoms with Crippen molar-refractivity contribution in [3.8, 4) is 16.9 Å². The van der Waals surface area contributed by atoms with Gasteiger partial charge in [0.15, 0.2) is 0 Å². The van der Waals surface area contributed by atoms with Gasteiger partial charge in [-0.15, -0.1) is 0 Å². The maximum atomic E-state index is 11.7. The second-order valence-electron chi connectivity index (χ2n) is 7.44. The molecule has 1 amide bonds. The van der Waals surface area contributed by atoms with Crippen LogP contribution in [0.3, 0.4) is 0 Å². The van der Waals surface area contributed by atoms with E-state index in [1.165, 1.54) is 6.08 Å². The summed E-state index contributed by atoms with van der Waals surface area (Å²) in [6.07, 6.45) is 6.67. The number of anilines is 1. The van der Waals surface area contributed by atoms with Gasteiger partial charge in [0.25, 0.3) is 0 Å². The van der Waals surface area contributed by atoms with Crippen molar-refractivity contribution in [1.82, 2.24) is 14.9 Å². The van der Waals surface area contributed by atoms with Gasteiger partial charge in [0.05, 0.1) is 23.4 Å². The molecule has 0 saturated carbocycles. The number of likely N-dealkylation sites (tertiary alicyclic amines) is 1. The van der Waals surface area contributed by atoms with E-state index in [1.807, 2.05) is 30.3 Å². The monoisotopic (exact) mass is 396 g/mol. The summed E-state index contributed by atoms with van der Waals surface area (Å²) in [5.41, 5.74) is 3.53. The summed E-state index contributed by atoms with van der Waals surface area (Å²) in [4.78, 5) is 22.4. The molecule has 0 spiro atoms. The third-order valence-corrected chi connectivity index (χ3v) is 5.52. The van der Waals surface area contributed by atoms with Crippen LogP contribution in [0, 0.1) is 0 Å². The zero-order valence-corrected chi connectivity index (χ0v) is 16.2. The fourth-order valence-electron chi connectivity index (χ4n) is 4.02. The molecule has 0 atom stereocenters. The lowest BCUT2D eigenvalue weighted by Crippen LogP contribution is -2.56. The number of carbonyl (C=O) groups is 1. The Kier molecular flexibility index (Phi) is 4.32. The molecule has 6 nitrogen and oxygen atoms in total. The second kappa shape index (κ2) is 7.15. The number of amides is 1. The van der Waals surface area contributed by atoms with Crippen LogP contribution in [0.15, 0.2) is 73.7 Å². The van der Waals surface area contributed by atoms with Crippen LogP contribution in [0.2, 0.25) is 0 Å². The molecule has 2 aromatic heterocycles. The first kappa shape index (κ1) is 18.1. The van der Waals surface area contributed by atoms with Crippen LogP contribution >= 0.6 is 0 Å². The van der Waals surface area contributed by atoms with Crippen LogP contribution in [0.25, 0.3) is 32.8 Å². The Labute approximate surface area is 173 Å². The Bertz CT molecular complexity index is 1300. The van der Waals surface area contributed by atoms with E-state index < -0.39 is 0 Å². The molecule has 6 heteroatoms. The van der Waals surface area contributed by atoms with Crippen LogP contribution in [-0.2, 0) is 4.79 Å². The number of fused-ring (bicyclic) bond motifs is 2. The number of hydrogen-bond donors (Lipinski definition) is 2. The molecule has 3 heterocycles. The molecule has 5 rings (SSSR count). The van der Waals surface area contributed by atoms with Crippen LogP contribution in [0.4, 0.5) is 5.69 Å². The summed E-state index contributed by atoms with van der Waals surface area (Å²) in [6, 6.07) is 13.6. The highest BCUT2D eigenvalue weighted by molar-refractivity contribution is 6.07. The molecule has 4 aromatic rings. The van der Waals surface area contributed by atoms with E-state index in [1.54, 1.807) is 35.6 Å². The molecular weight excluding hydrogens is 376 g/mol. The van der Waals surface area contributed by atoms with Crippen molar-refractivity contribution >= 4 is 33.3 Å². The molecule has 148 valence electrons. The first-order valence-electron chi connectivity index (χ1n) is 9.77. The van der Waals surface area contributed by atoms with Gasteiger partial charge in [0.1, 0.15) is 5.75 Å². The first-order valence-corrected chi connectivity index (χ1v) is 9.77. The average Bonchev–Trinajstić information content (AvgIpc) is 2.74. The van der Waals surface area contributed by atoms with Gasteiger partial charge in [-0.05, 0) is 46.2 Å². The van der Waals surface area contributed by atoms with Gasteiger partial charge in [0, 0.05) is 30.9 Å². The topological polar surface area (TPSA) is 78.4 Å². The van der Waals surface area contributed by atoms with Gasteiger partial charge in [-0.25, -0.2) is 0 Å². The molecule has 0 aliphatic carbocycles. The van der Waals surface area contributed by atoms with Gasteiger partial charge < -0.3 is 15.3 Å². The first-order chi connectivity index (χ1) is 14.6. The second-order valence-corrected chi connectivity index (χ2v) is 7.44. The van der Waals surface area contributed by atoms with E-state index in [9.17, 15) is 9.90 Å². The minimum absolute atomic E-state index is 0.0553. The molecule has 0 bridgehead atoms. The largest absolute Gasteiger partial charge is 0.508 e. The minimum atomic E-state index is -0.0553. The summed E-state index contributed by atoms with van der Waals surface area (Å²) in [7, 11) is 0. The minimum Gasteiger partial charge on any atom is -0.508 e. The van der Waals surface area contributed by atoms with Crippen LogP contribution in [0.5, 0.6) is 5.75 Å². The van der Waals surface area contributed by atoms with Gasteiger partial charge >= 0.3 is 0 Å². The van der Waals surface area contributed by atoms with E-state index in [0.717, 1.165) is 38.5 Å². The molecule has 1 aliphatic heterocycles. The average molecular weight is 396 g/mol. The number of aromatic hydroxyl groups is 1. The van der Waals surface area contributed by atoms with Crippen LogP contribution in [-0.4, -0.2) is 45.0 Å². The van der Waals surface area contributed by atoms with Gasteiger partial charge in [-0.3, -0.25) is 14.8 Å². The maximum absolute atomic E-state index is 11.7. The fraction of sp³-hybridized carbons (Fsp3) is 0.125. The molecule has 1 aliphatic rings. The van der Waals surface area contributed by atoms with Crippen molar-refractivity contribution in [2.24, 2.45) is 0 Å². The number of aromatic nitrogens is 2. The van der Waals surface area contributed by atoms with Crippen LogP contribution < -0.4 is 5.32 Å². The number of phenols is 1. The predicted molar refractivity (Wildman–Crippen MR) is 118 cm³/mol. The van der Waals surface area contributed by atoms with Crippen molar-refractivity contribution < 1.29 is 9.90 Å². The number of benzene rings is 2. The highest BCUT2D eigenvalue weighted by Gasteiger charge is 2.29. The molecule has 2 aromatic carbocycles. The summed E-state index contributed by atoms with van der Waals surface area (Å²) >= 11 is 0. The van der Waals surface area contributed by atoms with E-state index in [-0.39, 0.29) is 17.7 Å². The highest BCUT2D eigenvalue weighted by atomic mass is 16.3. The van der Waals surface area contributed by atoms with Crippen molar-refractivity contribution in [2.45, 2.75) is 6.04 Å². The number of carbonyl (C=O) groups excluding carboxylic acids is 1. The fourth-order valence-corrected chi connectivity index (χ4v) is 4.02. The number of nitrogens with zero attached hydrogens (tertiary/aromatic N) is 3. The Morgan fingerprint density at radius 2 is 1.97 bits per heavy atom. The molecule has 0 unspecified atom stereocenters. The van der Waals surface area contributed by atoms with Gasteiger partial charge in [-0.2, -0.15) is 0 Å². The Hall–Kier alpha value is -3.93. The molecule has 2 N–H and O–H groups in total. The normalized spacial score (nSPS) is 13.9. The van der Waals surface area contributed by atoms with Crippen molar-refractivity contribution in [3.63, 3.8) is 0 Å². The number of pyridine rings is 2. The highest BCUT2D eigenvalue weighted by Crippen LogP contribution is 2.37. The number of phenolic OH excluding ortho intramolecular Hbond substituents is 1. The molecule has 0 radical (unpaired) electrons. The molecule has 1 saturated heterocycles. The quantitative estimate of drug-likeness (QED) is 0.511. The number of rotatable bonds is 4.